The van der Waals surface area contributed by atoms with E-state index in [1.807, 2.05) is 16.9 Å². The fraction of sp³-hybridized carbons (Fsp3) is 0.556. The third kappa shape index (κ3) is 1.73. The molecule has 108 valence electrons. The normalized spacial score (nSPS) is 31.1. The van der Waals surface area contributed by atoms with Crippen molar-refractivity contribution in [1.82, 2.24) is 9.38 Å². The number of Topliss-reactive ketones (excluding diaryl/α,β-unsaturated/α-hetero) is 1. The standard InChI is InChI=1S/C18H20N2O/c21-18(16-8-11-1-2-13(16)7-11)17-15(12-3-4-12)6-5-14-9-19-10-20(14)17/h5-6,9-13,16H,1-4,7-8H2/t11?,13-,16?/m0/s1. The number of rotatable bonds is 3. The molecule has 3 nitrogen and oxygen atoms in total. The topological polar surface area (TPSA) is 34.4 Å². The molecule has 2 aromatic rings. The second-order valence-electron chi connectivity index (χ2n) is 7.25. The monoisotopic (exact) mass is 280 g/mol. The van der Waals surface area contributed by atoms with Crippen LogP contribution in [-0.4, -0.2) is 15.2 Å². The first kappa shape index (κ1) is 12.0. The van der Waals surface area contributed by atoms with E-state index >= 15 is 0 Å². The molecule has 0 N–H and O–H groups in total. The van der Waals surface area contributed by atoms with Gasteiger partial charge in [0.15, 0.2) is 5.78 Å². The maximum absolute atomic E-state index is 13.3. The third-order valence-corrected chi connectivity index (χ3v) is 5.94. The van der Waals surface area contributed by atoms with Gasteiger partial charge in [-0.2, -0.15) is 0 Å². The van der Waals surface area contributed by atoms with E-state index in [0.29, 0.717) is 17.6 Å². The number of hydrogen-bond donors (Lipinski definition) is 0. The highest BCUT2D eigenvalue weighted by molar-refractivity contribution is 5.99. The van der Waals surface area contributed by atoms with Gasteiger partial charge in [0.05, 0.1) is 23.7 Å². The molecular weight excluding hydrogens is 260 g/mol. The first-order chi connectivity index (χ1) is 10.3. The molecule has 2 unspecified atom stereocenters. The maximum Gasteiger partial charge on any atom is 0.183 e. The molecule has 3 atom stereocenters. The van der Waals surface area contributed by atoms with Crippen LogP contribution < -0.4 is 0 Å². The summed E-state index contributed by atoms with van der Waals surface area (Å²) >= 11 is 0. The summed E-state index contributed by atoms with van der Waals surface area (Å²) < 4.78 is 2.04. The van der Waals surface area contributed by atoms with Gasteiger partial charge in [-0.15, -0.1) is 0 Å². The summed E-state index contributed by atoms with van der Waals surface area (Å²) in [6.45, 7) is 0. The van der Waals surface area contributed by atoms with E-state index in [4.69, 9.17) is 0 Å². The van der Waals surface area contributed by atoms with Gasteiger partial charge in [-0.25, -0.2) is 4.98 Å². The SMILES string of the molecule is O=C(c1c(C2CC2)ccc2cncn12)C1CC2CC[C@H]1C2. The van der Waals surface area contributed by atoms with Crippen molar-refractivity contribution in [2.45, 2.75) is 44.4 Å². The molecule has 3 aliphatic rings. The van der Waals surface area contributed by atoms with Gasteiger partial charge >= 0.3 is 0 Å². The van der Waals surface area contributed by atoms with Gasteiger partial charge in [0.1, 0.15) is 0 Å². The van der Waals surface area contributed by atoms with Crippen molar-refractivity contribution >= 4 is 11.3 Å². The zero-order valence-corrected chi connectivity index (χ0v) is 12.2. The minimum atomic E-state index is 0.272. The quantitative estimate of drug-likeness (QED) is 0.801. The number of carbonyl (C=O) groups excluding carboxylic acids is 1. The minimum absolute atomic E-state index is 0.272. The predicted molar refractivity (Wildman–Crippen MR) is 80.4 cm³/mol. The summed E-state index contributed by atoms with van der Waals surface area (Å²) in [6, 6.07) is 4.29. The van der Waals surface area contributed by atoms with Crippen LogP contribution in [0.4, 0.5) is 0 Å². The highest BCUT2D eigenvalue weighted by Crippen LogP contribution is 2.50. The zero-order valence-electron chi connectivity index (χ0n) is 12.2. The largest absolute Gasteiger partial charge is 0.296 e. The summed E-state index contributed by atoms with van der Waals surface area (Å²) in [5.41, 5.74) is 3.27. The number of fused-ring (bicyclic) bond motifs is 3. The fourth-order valence-corrected chi connectivity index (χ4v) is 4.73. The molecule has 0 radical (unpaired) electrons. The molecule has 2 bridgehead atoms. The summed E-state index contributed by atoms with van der Waals surface area (Å²) in [5, 5.41) is 0. The van der Waals surface area contributed by atoms with Crippen molar-refractivity contribution < 1.29 is 4.79 Å². The maximum atomic E-state index is 13.3. The fourth-order valence-electron chi connectivity index (χ4n) is 4.73. The lowest BCUT2D eigenvalue weighted by molar-refractivity contribution is 0.0867. The Morgan fingerprint density at radius 1 is 1.14 bits per heavy atom. The van der Waals surface area contributed by atoms with Crippen molar-refractivity contribution in [2.24, 2.45) is 17.8 Å². The van der Waals surface area contributed by atoms with Crippen LogP contribution in [0.25, 0.3) is 5.52 Å². The number of pyridine rings is 1. The van der Waals surface area contributed by atoms with Gasteiger partial charge in [-0.1, -0.05) is 12.5 Å². The first-order valence-corrected chi connectivity index (χ1v) is 8.30. The minimum Gasteiger partial charge on any atom is -0.296 e. The van der Waals surface area contributed by atoms with Crippen LogP contribution in [0.2, 0.25) is 0 Å². The Kier molecular flexibility index (Phi) is 2.38. The molecule has 0 spiro atoms. The Hall–Kier alpha value is -1.64. The predicted octanol–water partition coefficient (Wildman–Crippen LogP) is 3.83. The molecule has 0 aromatic carbocycles. The number of hydrogen-bond acceptors (Lipinski definition) is 2. The Labute approximate surface area is 124 Å². The molecule has 2 heterocycles. The molecule has 3 saturated carbocycles. The van der Waals surface area contributed by atoms with Crippen LogP contribution >= 0.6 is 0 Å². The Bertz CT molecular complexity index is 728. The Morgan fingerprint density at radius 2 is 2.05 bits per heavy atom. The number of nitrogens with zero attached hydrogens (tertiary/aromatic N) is 2. The zero-order chi connectivity index (χ0) is 14.0. The van der Waals surface area contributed by atoms with Crippen LogP contribution in [0.5, 0.6) is 0 Å². The molecule has 3 heteroatoms. The number of imidazole rings is 1. The molecule has 21 heavy (non-hydrogen) atoms. The summed E-state index contributed by atoms with van der Waals surface area (Å²) in [6.07, 6.45) is 11.2. The van der Waals surface area contributed by atoms with E-state index in [1.54, 1.807) is 0 Å². The van der Waals surface area contributed by atoms with Gasteiger partial charge < -0.3 is 0 Å². The second kappa shape index (κ2) is 4.19. The highest BCUT2D eigenvalue weighted by atomic mass is 16.1. The molecule has 5 rings (SSSR count). The lowest BCUT2D eigenvalue weighted by Crippen LogP contribution is -2.24. The first-order valence-electron chi connectivity index (χ1n) is 8.30. The molecule has 3 fully saturated rings. The number of carbonyl (C=O) groups is 1. The highest BCUT2D eigenvalue weighted by Gasteiger charge is 2.44. The lowest BCUT2D eigenvalue weighted by atomic mass is 9.83. The van der Waals surface area contributed by atoms with Gasteiger partial charge in [0.2, 0.25) is 0 Å². The van der Waals surface area contributed by atoms with E-state index in [9.17, 15) is 4.79 Å². The van der Waals surface area contributed by atoms with Gasteiger partial charge in [-0.05, 0) is 61.5 Å². The van der Waals surface area contributed by atoms with Crippen LogP contribution in [0, 0.1) is 17.8 Å². The molecule has 0 saturated heterocycles. The van der Waals surface area contributed by atoms with Crippen molar-refractivity contribution in [2.75, 3.05) is 0 Å². The second-order valence-corrected chi connectivity index (χ2v) is 7.25. The summed E-state index contributed by atoms with van der Waals surface area (Å²) in [7, 11) is 0. The lowest BCUT2D eigenvalue weighted by Gasteiger charge is -2.22. The molecular formula is C18H20N2O. The van der Waals surface area contributed by atoms with Crippen LogP contribution in [0.15, 0.2) is 24.7 Å². The van der Waals surface area contributed by atoms with Gasteiger partial charge in [-0.3, -0.25) is 9.20 Å². The van der Waals surface area contributed by atoms with E-state index in [2.05, 4.69) is 17.1 Å². The molecule has 3 aliphatic carbocycles. The average molecular weight is 280 g/mol. The molecule has 0 aliphatic heterocycles. The molecule has 2 aromatic heterocycles. The Balaban J connectivity index is 1.63. The van der Waals surface area contributed by atoms with Gasteiger partial charge in [0, 0.05) is 5.92 Å². The third-order valence-electron chi connectivity index (χ3n) is 5.94. The number of aromatic nitrogens is 2. The van der Waals surface area contributed by atoms with E-state index < -0.39 is 0 Å². The van der Waals surface area contributed by atoms with Crippen molar-refractivity contribution in [3.8, 4) is 0 Å². The Morgan fingerprint density at radius 3 is 2.76 bits per heavy atom. The molecule has 0 amide bonds. The van der Waals surface area contributed by atoms with Gasteiger partial charge in [0.25, 0.3) is 0 Å². The van der Waals surface area contributed by atoms with Crippen LogP contribution in [0.1, 0.15) is 60.5 Å². The van der Waals surface area contributed by atoms with Crippen molar-refractivity contribution in [3.05, 3.63) is 35.9 Å². The van der Waals surface area contributed by atoms with E-state index in [-0.39, 0.29) is 5.92 Å². The smallest absolute Gasteiger partial charge is 0.183 e. The van der Waals surface area contributed by atoms with E-state index in [0.717, 1.165) is 23.5 Å². The summed E-state index contributed by atoms with van der Waals surface area (Å²) in [5.74, 6) is 2.74. The average Bonchev–Trinajstić information content (AvgIpc) is 2.93. The number of ketones is 1. The van der Waals surface area contributed by atoms with Crippen molar-refractivity contribution in [3.63, 3.8) is 0 Å². The van der Waals surface area contributed by atoms with Crippen molar-refractivity contribution in [1.29, 1.82) is 0 Å². The summed E-state index contributed by atoms with van der Waals surface area (Å²) in [4.78, 5) is 17.5. The van der Waals surface area contributed by atoms with E-state index in [1.165, 1.54) is 37.7 Å². The van der Waals surface area contributed by atoms with Crippen LogP contribution in [-0.2, 0) is 0 Å². The van der Waals surface area contributed by atoms with Crippen LogP contribution in [0.3, 0.4) is 0 Å².